The zero-order chi connectivity index (χ0) is 8.27. The van der Waals surface area contributed by atoms with Crippen LogP contribution in [-0.2, 0) is 6.42 Å². The van der Waals surface area contributed by atoms with E-state index >= 15 is 0 Å². The molecule has 0 aliphatic carbocycles. The topological polar surface area (TPSA) is 51.8 Å². The van der Waals surface area contributed by atoms with Crippen LogP contribution in [0.3, 0.4) is 0 Å². The van der Waals surface area contributed by atoms with E-state index in [4.69, 9.17) is 5.73 Å². The summed E-state index contributed by atoms with van der Waals surface area (Å²) in [5.74, 6) is 1.33. The van der Waals surface area contributed by atoms with Crippen molar-refractivity contribution in [2.24, 2.45) is 0 Å². The van der Waals surface area contributed by atoms with Crippen LogP contribution in [0.5, 0.6) is 0 Å². The summed E-state index contributed by atoms with van der Waals surface area (Å²) in [5, 5.41) is 0. The molecule has 0 unspecified atom stereocenters. The molecule has 0 aliphatic heterocycles. The van der Waals surface area contributed by atoms with Crippen molar-refractivity contribution < 1.29 is 0 Å². The molecule has 0 bridgehead atoms. The maximum Gasteiger partial charge on any atom is 0.141 e. The lowest BCUT2D eigenvalue weighted by molar-refractivity contribution is 0.835. The number of nitrogens with zero attached hydrogens (tertiary/aromatic N) is 2. The number of nitrogen functional groups attached to an aromatic ring is 1. The van der Waals surface area contributed by atoms with Gasteiger partial charge >= 0.3 is 0 Å². The van der Waals surface area contributed by atoms with Gasteiger partial charge in [-0.25, -0.2) is 9.97 Å². The molecule has 0 amide bonds. The Morgan fingerprint density at radius 2 is 2.36 bits per heavy atom. The number of anilines is 1. The molecule has 1 rings (SSSR count). The summed E-state index contributed by atoms with van der Waals surface area (Å²) in [6, 6.07) is 0. The molecule has 0 saturated heterocycles. The van der Waals surface area contributed by atoms with E-state index in [9.17, 15) is 0 Å². The normalized spacial score (nSPS) is 10.0. The predicted molar refractivity (Wildman–Crippen MR) is 48.1 cm³/mol. The predicted octanol–water partition coefficient (Wildman–Crippen LogP) is 1.77. The summed E-state index contributed by atoms with van der Waals surface area (Å²) in [6.45, 7) is 2.08. The second-order valence-electron chi connectivity index (χ2n) is 2.27. The Morgan fingerprint density at radius 3 is 2.91 bits per heavy atom. The van der Waals surface area contributed by atoms with E-state index in [2.05, 4.69) is 32.8 Å². The van der Waals surface area contributed by atoms with Crippen LogP contribution >= 0.6 is 15.9 Å². The van der Waals surface area contributed by atoms with Gasteiger partial charge in [0.1, 0.15) is 11.6 Å². The Hall–Kier alpha value is -0.640. The van der Waals surface area contributed by atoms with Crippen LogP contribution in [0.15, 0.2) is 10.7 Å². The molecule has 60 valence electrons. The third-order valence-corrected chi connectivity index (χ3v) is 1.91. The summed E-state index contributed by atoms with van der Waals surface area (Å²) in [4.78, 5) is 8.17. The molecule has 0 aliphatic rings. The highest BCUT2D eigenvalue weighted by molar-refractivity contribution is 9.10. The zero-order valence-electron chi connectivity index (χ0n) is 6.34. The molecule has 1 aromatic heterocycles. The molecule has 2 N–H and O–H groups in total. The van der Waals surface area contributed by atoms with E-state index in [1.807, 2.05) is 0 Å². The Balaban J connectivity index is 2.86. The SMILES string of the molecule is CCCc1ncc(Br)c(N)n1. The van der Waals surface area contributed by atoms with Crippen LogP contribution in [0.2, 0.25) is 0 Å². The first-order valence-corrected chi connectivity index (χ1v) is 4.30. The van der Waals surface area contributed by atoms with Gasteiger partial charge in [0.05, 0.1) is 4.47 Å². The van der Waals surface area contributed by atoms with Crippen LogP contribution in [-0.4, -0.2) is 9.97 Å². The maximum atomic E-state index is 5.55. The molecule has 0 saturated carbocycles. The maximum absolute atomic E-state index is 5.55. The second kappa shape index (κ2) is 3.67. The fourth-order valence-corrected chi connectivity index (χ4v) is 0.954. The molecule has 1 aromatic rings. The highest BCUT2D eigenvalue weighted by Crippen LogP contribution is 2.14. The molecule has 0 atom stereocenters. The highest BCUT2D eigenvalue weighted by atomic mass is 79.9. The quantitative estimate of drug-likeness (QED) is 0.819. The summed E-state index contributed by atoms with van der Waals surface area (Å²) >= 11 is 3.23. The molecule has 0 spiro atoms. The summed E-state index contributed by atoms with van der Waals surface area (Å²) in [5.41, 5.74) is 5.55. The number of rotatable bonds is 2. The largest absolute Gasteiger partial charge is 0.383 e. The van der Waals surface area contributed by atoms with Gasteiger partial charge in [-0.2, -0.15) is 0 Å². The van der Waals surface area contributed by atoms with Crippen molar-refractivity contribution in [2.45, 2.75) is 19.8 Å². The van der Waals surface area contributed by atoms with Gasteiger partial charge in [-0.1, -0.05) is 6.92 Å². The van der Waals surface area contributed by atoms with Gasteiger partial charge < -0.3 is 5.73 Å². The summed E-state index contributed by atoms with van der Waals surface area (Å²) < 4.78 is 0.761. The number of halogens is 1. The fraction of sp³-hybridized carbons (Fsp3) is 0.429. The van der Waals surface area contributed by atoms with E-state index in [1.54, 1.807) is 6.20 Å². The Kier molecular flexibility index (Phi) is 2.82. The van der Waals surface area contributed by atoms with Crippen LogP contribution in [0.25, 0.3) is 0 Å². The molecule has 3 nitrogen and oxygen atoms in total. The lowest BCUT2D eigenvalue weighted by Crippen LogP contribution is -1.99. The Morgan fingerprint density at radius 1 is 1.64 bits per heavy atom. The fourth-order valence-electron chi connectivity index (χ4n) is 0.763. The molecule has 0 aromatic carbocycles. The Labute approximate surface area is 74.2 Å². The standard InChI is InChI=1S/C7H10BrN3/c1-2-3-6-10-4-5(8)7(9)11-6/h4H,2-3H2,1H3,(H2,9,10,11). The lowest BCUT2D eigenvalue weighted by atomic mass is 10.3. The number of hydrogen-bond donors (Lipinski definition) is 1. The van der Waals surface area contributed by atoms with Crippen LogP contribution < -0.4 is 5.73 Å². The number of hydrogen-bond acceptors (Lipinski definition) is 3. The number of nitrogens with two attached hydrogens (primary N) is 1. The highest BCUT2D eigenvalue weighted by Gasteiger charge is 1.99. The molecular weight excluding hydrogens is 206 g/mol. The van der Waals surface area contributed by atoms with Gasteiger partial charge in [-0.15, -0.1) is 0 Å². The number of aryl methyl sites for hydroxylation is 1. The van der Waals surface area contributed by atoms with Gasteiger partial charge in [0.2, 0.25) is 0 Å². The summed E-state index contributed by atoms with van der Waals surface area (Å²) in [7, 11) is 0. The van der Waals surface area contributed by atoms with Crippen molar-refractivity contribution in [3.05, 3.63) is 16.5 Å². The van der Waals surface area contributed by atoms with Crippen LogP contribution in [0, 0.1) is 0 Å². The monoisotopic (exact) mass is 215 g/mol. The minimum atomic E-state index is 0.517. The minimum absolute atomic E-state index is 0.517. The van der Waals surface area contributed by atoms with Gasteiger partial charge in [-0.3, -0.25) is 0 Å². The van der Waals surface area contributed by atoms with Crippen molar-refractivity contribution in [2.75, 3.05) is 5.73 Å². The average molecular weight is 216 g/mol. The first-order valence-electron chi connectivity index (χ1n) is 3.51. The van der Waals surface area contributed by atoms with Crippen LogP contribution in [0.1, 0.15) is 19.2 Å². The van der Waals surface area contributed by atoms with E-state index in [1.165, 1.54) is 0 Å². The molecule has 1 heterocycles. The first-order chi connectivity index (χ1) is 5.24. The van der Waals surface area contributed by atoms with E-state index < -0.39 is 0 Å². The van der Waals surface area contributed by atoms with Gasteiger partial charge in [0.15, 0.2) is 0 Å². The average Bonchev–Trinajstić information content (AvgIpc) is 1.98. The third-order valence-electron chi connectivity index (χ3n) is 1.29. The van der Waals surface area contributed by atoms with Crippen molar-refractivity contribution in [3.63, 3.8) is 0 Å². The van der Waals surface area contributed by atoms with Crippen molar-refractivity contribution in [1.29, 1.82) is 0 Å². The lowest BCUT2D eigenvalue weighted by Gasteiger charge is -1.99. The molecule has 4 heteroatoms. The first kappa shape index (κ1) is 8.46. The van der Waals surface area contributed by atoms with E-state index in [-0.39, 0.29) is 0 Å². The van der Waals surface area contributed by atoms with Gasteiger partial charge in [-0.05, 0) is 22.4 Å². The van der Waals surface area contributed by atoms with Crippen molar-refractivity contribution in [1.82, 2.24) is 9.97 Å². The third kappa shape index (κ3) is 2.15. The minimum Gasteiger partial charge on any atom is -0.383 e. The van der Waals surface area contributed by atoms with E-state index in [0.29, 0.717) is 5.82 Å². The number of aromatic nitrogens is 2. The van der Waals surface area contributed by atoms with Crippen molar-refractivity contribution in [3.8, 4) is 0 Å². The molecular formula is C7H10BrN3. The Bertz CT molecular complexity index is 249. The summed E-state index contributed by atoms with van der Waals surface area (Å²) in [6.07, 6.45) is 3.62. The van der Waals surface area contributed by atoms with Gasteiger partial charge in [0, 0.05) is 12.6 Å². The van der Waals surface area contributed by atoms with Gasteiger partial charge in [0.25, 0.3) is 0 Å². The molecule has 0 radical (unpaired) electrons. The molecule has 11 heavy (non-hydrogen) atoms. The van der Waals surface area contributed by atoms with E-state index in [0.717, 1.165) is 23.1 Å². The molecule has 0 fully saturated rings. The second-order valence-corrected chi connectivity index (χ2v) is 3.12. The zero-order valence-corrected chi connectivity index (χ0v) is 7.93. The van der Waals surface area contributed by atoms with Crippen LogP contribution in [0.4, 0.5) is 5.82 Å². The van der Waals surface area contributed by atoms with Crippen molar-refractivity contribution >= 4 is 21.7 Å². The smallest absolute Gasteiger partial charge is 0.141 e.